The predicted molar refractivity (Wildman–Crippen MR) is 146 cm³/mol. The van der Waals surface area contributed by atoms with Crippen LogP contribution in [0.2, 0.25) is 0 Å². The van der Waals surface area contributed by atoms with Crippen molar-refractivity contribution in [2.24, 2.45) is 7.05 Å². The molecule has 0 aliphatic carbocycles. The number of nitrogens with one attached hydrogen (secondary N) is 2. The van der Waals surface area contributed by atoms with Gasteiger partial charge in [0.1, 0.15) is 28.7 Å². The normalized spacial score (nSPS) is 10.7. The summed E-state index contributed by atoms with van der Waals surface area (Å²) in [7, 11) is 4.94. The average molecular weight is 532 g/mol. The first-order chi connectivity index (χ1) is 18.8. The maximum atomic E-state index is 13.1. The molecular weight excluding hydrogens is 502 g/mol. The van der Waals surface area contributed by atoms with E-state index in [9.17, 15) is 14.4 Å². The summed E-state index contributed by atoms with van der Waals surface area (Å²) in [6.45, 7) is 2.56. The van der Waals surface area contributed by atoms with Crippen LogP contribution in [-0.2, 0) is 11.8 Å². The van der Waals surface area contributed by atoms with Gasteiger partial charge in [-0.2, -0.15) is 0 Å². The molecular formula is C27H29N7O5. The maximum Gasteiger partial charge on any atom is 0.322 e. The molecule has 0 spiro atoms. The molecule has 0 unspecified atom stereocenters. The maximum absolute atomic E-state index is 13.1. The smallest absolute Gasteiger partial charge is 0.322 e. The van der Waals surface area contributed by atoms with E-state index in [1.54, 1.807) is 69.2 Å². The number of amides is 3. The van der Waals surface area contributed by atoms with Crippen LogP contribution in [0.3, 0.4) is 0 Å². The van der Waals surface area contributed by atoms with Gasteiger partial charge in [0.15, 0.2) is 0 Å². The zero-order valence-electron chi connectivity index (χ0n) is 22.0. The number of anilines is 2. The summed E-state index contributed by atoms with van der Waals surface area (Å²) in [5.74, 6) is 0.839. The van der Waals surface area contributed by atoms with Gasteiger partial charge in [0, 0.05) is 40.0 Å². The first kappa shape index (κ1) is 27.1. The highest BCUT2D eigenvalue weighted by Gasteiger charge is 2.22. The minimum absolute atomic E-state index is 0.0303. The first-order valence-corrected chi connectivity index (χ1v) is 12.0. The van der Waals surface area contributed by atoms with Crippen molar-refractivity contribution in [1.29, 1.82) is 0 Å². The Hall–Kier alpha value is -4.97. The number of aromatic nitrogens is 4. The summed E-state index contributed by atoms with van der Waals surface area (Å²) in [5, 5.41) is 5.37. The van der Waals surface area contributed by atoms with Crippen molar-refractivity contribution < 1.29 is 19.1 Å². The summed E-state index contributed by atoms with van der Waals surface area (Å²) in [6.07, 6.45) is 2.94. The van der Waals surface area contributed by atoms with Crippen molar-refractivity contribution >= 4 is 23.6 Å². The molecule has 0 saturated carbocycles. The molecule has 2 N–H and O–H groups in total. The van der Waals surface area contributed by atoms with Crippen molar-refractivity contribution in [2.45, 2.75) is 6.92 Å². The van der Waals surface area contributed by atoms with Gasteiger partial charge >= 0.3 is 6.03 Å². The second kappa shape index (κ2) is 12.0. The molecule has 202 valence electrons. The minimum atomic E-state index is -0.561. The number of carbonyl (C=O) groups excluding carboxylic acids is 2. The molecule has 4 rings (SSSR count). The lowest BCUT2D eigenvalue weighted by atomic mass is 10.2. The summed E-state index contributed by atoms with van der Waals surface area (Å²) in [5.41, 5.74) is 0.780. The highest BCUT2D eigenvalue weighted by molar-refractivity contribution is 6.04. The third kappa shape index (κ3) is 6.30. The van der Waals surface area contributed by atoms with Crippen molar-refractivity contribution in [3.8, 4) is 17.2 Å². The minimum Gasteiger partial charge on any atom is -0.456 e. The molecule has 1 aromatic carbocycles. The van der Waals surface area contributed by atoms with Crippen LogP contribution in [0.25, 0.3) is 5.69 Å². The van der Waals surface area contributed by atoms with Crippen LogP contribution in [0.4, 0.5) is 16.4 Å². The Labute approximate surface area is 224 Å². The van der Waals surface area contributed by atoms with Crippen LogP contribution >= 0.6 is 0 Å². The molecule has 4 aromatic rings. The van der Waals surface area contributed by atoms with Crippen LogP contribution in [0.1, 0.15) is 16.1 Å². The van der Waals surface area contributed by atoms with Crippen molar-refractivity contribution in [3.63, 3.8) is 0 Å². The lowest BCUT2D eigenvalue weighted by molar-refractivity contribution is 0.102. The highest BCUT2D eigenvalue weighted by Crippen LogP contribution is 2.23. The number of ether oxygens (including phenoxy) is 2. The van der Waals surface area contributed by atoms with Crippen LogP contribution in [-0.4, -0.2) is 63.5 Å². The van der Waals surface area contributed by atoms with Gasteiger partial charge in [-0.25, -0.2) is 19.4 Å². The van der Waals surface area contributed by atoms with E-state index in [0.29, 0.717) is 41.8 Å². The molecule has 3 heterocycles. The van der Waals surface area contributed by atoms with Gasteiger partial charge in [-0.15, -0.1) is 0 Å². The van der Waals surface area contributed by atoms with Crippen molar-refractivity contribution in [1.82, 2.24) is 24.2 Å². The number of likely N-dealkylation sites (N-methyl/N-ethyl adjacent to an activating group) is 1. The fraction of sp³-hybridized carbons (Fsp3) is 0.222. The van der Waals surface area contributed by atoms with E-state index in [0.717, 1.165) is 0 Å². The molecule has 0 radical (unpaired) electrons. The van der Waals surface area contributed by atoms with Crippen LogP contribution < -0.4 is 20.9 Å². The summed E-state index contributed by atoms with van der Waals surface area (Å²) < 4.78 is 13.9. The van der Waals surface area contributed by atoms with Crippen molar-refractivity contribution in [2.75, 3.05) is 37.9 Å². The first-order valence-electron chi connectivity index (χ1n) is 12.0. The number of methoxy groups -OCH3 is 1. The quantitative estimate of drug-likeness (QED) is 0.338. The molecule has 12 heteroatoms. The topological polar surface area (TPSA) is 133 Å². The van der Waals surface area contributed by atoms with Gasteiger partial charge in [-0.05, 0) is 37.3 Å². The number of carbonyl (C=O) groups is 2. The third-order valence-electron chi connectivity index (χ3n) is 5.94. The number of nitrogens with zero attached hydrogens (tertiary/aromatic N) is 5. The van der Waals surface area contributed by atoms with E-state index < -0.39 is 11.5 Å². The van der Waals surface area contributed by atoms with E-state index in [1.807, 2.05) is 18.2 Å². The van der Waals surface area contributed by atoms with Crippen LogP contribution in [0, 0.1) is 6.92 Å². The summed E-state index contributed by atoms with van der Waals surface area (Å²) in [6, 6.07) is 15.2. The van der Waals surface area contributed by atoms with E-state index in [2.05, 4.69) is 20.6 Å². The second-order valence-corrected chi connectivity index (χ2v) is 8.59. The van der Waals surface area contributed by atoms with E-state index >= 15 is 0 Å². The summed E-state index contributed by atoms with van der Waals surface area (Å²) in [4.78, 5) is 48.2. The van der Waals surface area contributed by atoms with Gasteiger partial charge in [0.25, 0.3) is 11.5 Å². The number of benzene rings is 1. The van der Waals surface area contributed by atoms with E-state index in [4.69, 9.17) is 9.47 Å². The number of pyridine rings is 2. The van der Waals surface area contributed by atoms with Crippen LogP contribution in [0.5, 0.6) is 11.5 Å². The van der Waals surface area contributed by atoms with Gasteiger partial charge in [0.2, 0.25) is 0 Å². The molecule has 0 aliphatic rings. The third-order valence-corrected chi connectivity index (χ3v) is 5.94. The molecule has 3 amide bonds. The molecule has 0 atom stereocenters. The number of rotatable bonds is 9. The van der Waals surface area contributed by atoms with Crippen LogP contribution in [0.15, 0.2) is 71.8 Å². The highest BCUT2D eigenvalue weighted by atomic mass is 16.5. The molecule has 3 aromatic heterocycles. The zero-order valence-corrected chi connectivity index (χ0v) is 22.0. The Balaban J connectivity index is 1.42. The largest absolute Gasteiger partial charge is 0.456 e. The number of hydrogen-bond acceptors (Lipinski definition) is 7. The number of urea groups is 1. The summed E-state index contributed by atoms with van der Waals surface area (Å²) >= 11 is 0. The fourth-order valence-electron chi connectivity index (χ4n) is 3.74. The number of hydrogen-bond donors (Lipinski definition) is 2. The van der Waals surface area contributed by atoms with Gasteiger partial charge in [-0.3, -0.25) is 19.6 Å². The standard InChI is InChI=1S/C27H29N7O5/c1-18-24(26(36)34(33(18)3)19-8-6-5-7-9-19)25(35)30-22-11-10-21(17-29-22)39-20-12-13-28-23(16-20)31-27(37)32(2)14-15-38-4/h5-13,16-17H,14-15H2,1-4H3,(H,28,31,37)(H,29,30,35). The molecule has 0 fully saturated rings. The average Bonchev–Trinajstić information content (AvgIpc) is 3.16. The molecule has 12 nitrogen and oxygen atoms in total. The Kier molecular flexibility index (Phi) is 8.37. The zero-order chi connectivity index (χ0) is 27.9. The Bertz CT molecular complexity index is 1510. The Morgan fingerprint density at radius 2 is 1.77 bits per heavy atom. The van der Waals surface area contributed by atoms with E-state index in [-0.39, 0.29) is 17.4 Å². The van der Waals surface area contributed by atoms with E-state index in [1.165, 1.54) is 22.0 Å². The van der Waals surface area contributed by atoms with Crippen molar-refractivity contribution in [3.05, 3.63) is 88.6 Å². The lowest BCUT2D eigenvalue weighted by Crippen LogP contribution is -2.34. The monoisotopic (exact) mass is 531 g/mol. The molecule has 0 saturated heterocycles. The van der Waals surface area contributed by atoms with Gasteiger partial charge < -0.3 is 19.7 Å². The molecule has 0 bridgehead atoms. The SMILES string of the molecule is COCCN(C)C(=O)Nc1cc(Oc2ccc(NC(=O)c3c(C)n(C)n(-c4ccccc4)c3=O)nc2)ccn1. The Morgan fingerprint density at radius 1 is 1.00 bits per heavy atom. The molecule has 39 heavy (non-hydrogen) atoms. The predicted octanol–water partition coefficient (Wildman–Crippen LogP) is 3.43. The molecule has 0 aliphatic heterocycles. The fourth-order valence-corrected chi connectivity index (χ4v) is 3.74. The van der Waals surface area contributed by atoms with Gasteiger partial charge in [-0.1, -0.05) is 18.2 Å². The second-order valence-electron chi connectivity index (χ2n) is 8.59. The van der Waals surface area contributed by atoms with Gasteiger partial charge in [0.05, 0.1) is 24.2 Å². The lowest BCUT2D eigenvalue weighted by Gasteiger charge is -2.17. The number of para-hydroxylation sites is 1. The Morgan fingerprint density at radius 3 is 2.46 bits per heavy atom.